The fourth-order valence-corrected chi connectivity index (χ4v) is 3.90. The lowest BCUT2D eigenvalue weighted by Crippen LogP contribution is -2.24. The fourth-order valence-electron chi connectivity index (χ4n) is 3.90. The zero-order valence-corrected chi connectivity index (χ0v) is 18.8. The summed E-state index contributed by atoms with van der Waals surface area (Å²) < 4.78 is 20.6. The summed E-state index contributed by atoms with van der Waals surface area (Å²) in [5, 5.41) is 2.97. The zero-order valence-electron chi connectivity index (χ0n) is 18.8. The third kappa shape index (κ3) is 5.77. The molecular formula is C27H28FN3O2. The molecule has 0 saturated heterocycles. The number of methoxy groups -OCH3 is 1. The van der Waals surface area contributed by atoms with Crippen molar-refractivity contribution in [1.29, 1.82) is 0 Å². The van der Waals surface area contributed by atoms with Gasteiger partial charge in [-0.15, -0.1) is 0 Å². The maximum Gasteiger partial charge on any atom is 0.251 e. The first kappa shape index (κ1) is 22.5. The Morgan fingerprint density at radius 3 is 2.48 bits per heavy atom. The van der Waals surface area contributed by atoms with E-state index in [0.717, 1.165) is 53.9 Å². The molecule has 4 aromatic rings. The van der Waals surface area contributed by atoms with Gasteiger partial charge in [0.25, 0.3) is 5.91 Å². The number of ether oxygens (including phenoxy) is 1. The van der Waals surface area contributed by atoms with Crippen molar-refractivity contribution < 1.29 is 13.9 Å². The summed E-state index contributed by atoms with van der Waals surface area (Å²) >= 11 is 0. The number of hydrogen-bond donors (Lipinski definition) is 1. The Balaban J connectivity index is 1.30. The van der Waals surface area contributed by atoms with E-state index in [4.69, 9.17) is 9.72 Å². The number of imidazole rings is 1. The minimum absolute atomic E-state index is 0.0706. The van der Waals surface area contributed by atoms with E-state index in [-0.39, 0.29) is 11.7 Å². The zero-order chi connectivity index (χ0) is 23.0. The average Bonchev–Trinajstić information content (AvgIpc) is 3.19. The Morgan fingerprint density at radius 1 is 0.970 bits per heavy atom. The summed E-state index contributed by atoms with van der Waals surface area (Å²) in [6.45, 7) is 1.30. The van der Waals surface area contributed by atoms with E-state index in [1.807, 2.05) is 30.3 Å². The van der Waals surface area contributed by atoms with E-state index in [1.165, 1.54) is 12.1 Å². The molecule has 1 N–H and O–H groups in total. The van der Waals surface area contributed by atoms with Crippen LogP contribution in [0.1, 0.15) is 41.0 Å². The maximum atomic E-state index is 13.3. The van der Waals surface area contributed by atoms with Gasteiger partial charge in [0.1, 0.15) is 17.4 Å². The Morgan fingerprint density at radius 2 is 1.73 bits per heavy atom. The van der Waals surface area contributed by atoms with Gasteiger partial charge in [-0.25, -0.2) is 9.37 Å². The molecule has 0 atom stereocenters. The number of hydrogen-bond acceptors (Lipinski definition) is 3. The summed E-state index contributed by atoms with van der Waals surface area (Å²) in [6.07, 6.45) is 3.72. The lowest BCUT2D eigenvalue weighted by atomic mass is 10.1. The molecular weight excluding hydrogens is 417 g/mol. The third-order valence-corrected chi connectivity index (χ3v) is 5.70. The predicted molar refractivity (Wildman–Crippen MR) is 128 cm³/mol. The number of nitrogens with zero attached hydrogens (tertiary/aromatic N) is 2. The Labute approximate surface area is 193 Å². The molecule has 170 valence electrons. The molecule has 1 heterocycles. The van der Waals surface area contributed by atoms with Gasteiger partial charge < -0.3 is 14.6 Å². The van der Waals surface area contributed by atoms with Crippen molar-refractivity contribution in [3.05, 3.63) is 95.6 Å². The number of rotatable bonds is 10. The van der Waals surface area contributed by atoms with Crippen LogP contribution in [-0.4, -0.2) is 29.1 Å². The molecule has 1 amide bonds. The molecule has 33 heavy (non-hydrogen) atoms. The number of carbonyl (C=O) groups is 1. The first-order chi connectivity index (χ1) is 16.1. The predicted octanol–water partition coefficient (Wildman–Crippen LogP) is 5.38. The fraction of sp³-hybridized carbons (Fsp3) is 0.259. The smallest absolute Gasteiger partial charge is 0.251 e. The topological polar surface area (TPSA) is 56.1 Å². The Bertz CT molecular complexity index is 1200. The standard InChI is InChI=1S/C27H28FN3O2/c1-33-23-16-12-21(13-17-23)27(32)29-18-6-2-3-9-26-30-24-7-4-5-8-25(24)31(26)19-20-10-14-22(28)15-11-20/h4-5,7-8,10-17H,2-3,6,9,18-19H2,1H3,(H,29,32). The second kappa shape index (κ2) is 10.8. The monoisotopic (exact) mass is 445 g/mol. The molecule has 0 bridgehead atoms. The maximum absolute atomic E-state index is 13.3. The highest BCUT2D eigenvalue weighted by Crippen LogP contribution is 2.20. The highest BCUT2D eigenvalue weighted by molar-refractivity contribution is 5.94. The first-order valence-corrected chi connectivity index (χ1v) is 11.2. The van der Waals surface area contributed by atoms with Gasteiger partial charge in [-0.2, -0.15) is 0 Å². The summed E-state index contributed by atoms with van der Waals surface area (Å²) in [5.74, 6) is 1.46. The second-order valence-corrected chi connectivity index (χ2v) is 8.02. The number of aryl methyl sites for hydroxylation is 1. The third-order valence-electron chi connectivity index (χ3n) is 5.70. The van der Waals surface area contributed by atoms with Gasteiger partial charge in [-0.05, 0) is 66.9 Å². The Kier molecular flexibility index (Phi) is 7.35. The number of fused-ring (bicyclic) bond motifs is 1. The number of carbonyl (C=O) groups excluding carboxylic acids is 1. The van der Waals surface area contributed by atoms with Gasteiger partial charge in [-0.1, -0.05) is 30.7 Å². The normalized spacial score (nSPS) is 11.0. The van der Waals surface area contributed by atoms with Crippen molar-refractivity contribution in [2.24, 2.45) is 0 Å². The van der Waals surface area contributed by atoms with Crippen LogP contribution in [0.5, 0.6) is 5.75 Å². The van der Waals surface area contributed by atoms with Crippen molar-refractivity contribution in [2.75, 3.05) is 13.7 Å². The van der Waals surface area contributed by atoms with Gasteiger partial charge >= 0.3 is 0 Å². The Hall–Kier alpha value is -3.67. The van der Waals surface area contributed by atoms with Gasteiger partial charge in [-0.3, -0.25) is 4.79 Å². The highest BCUT2D eigenvalue weighted by atomic mass is 19.1. The molecule has 6 heteroatoms. The number of nitrogens with one attached hydrogen (secondary N) is 1. The number of halogens is 1. The summed E-state index contributed by atoms with van der Waals surface area (Å²) in [4.78, 5) is 17.1. The molecule has 4 rings (SSSR count). The minimum atomic E-state index is -0.228. The van der Waals surface area contributed by atoms with E-state index >= 15 is 0 Å². The number of para-hydroxylation sites is 2. The molecule has 0 unspecified atom stereocenters. The lowest BCUT2D eigenvalue weighted by Gasteiger charge is -2.10. The van der Waals surface area contributed by atoms with Crippen LogP contribution in [0.4, 0.5) is 4.39 Å². The van der Waals surface area contributed by atoms with E-state index in [0.29, 0.717) is 18.7 Å². The quantitative estimate of drug-likeness (QED) is 0.334. The van der Waals surface area contributed by atoms with Crippen molar-refractivity contribution in [3.63, 3.8) is 0 Å². The lowest BCUT2D eigenvalue weighted by molar-refractivity contribution is 0.0953. The number of benzene rings is 3. The average molecular weight is 446 g/mol. The summed E-state index contributed by atoms with van der Waals surface area (Å²) in [6, 6.07) is 21.8. The molecule has 0 aliphatic carbocycles. The van der Waals surface area contributed by atoms with Crippen LogP contribution < -0.4 is 10.1 Å². The van der Waals surface area contributed by atoms with Crippen LogP contribution in [0.25, 0.3) is 11.0 Å². The van der Waals surface area contributed by atoms with Crippen molar-refractivity contribution in [3.8, 4) is 5.75 Å². The van der Waals surface area contributed by atoms with Crippen LogP contribution in [0.15, 0.2) is 72.8 Å². The molecule has 0 aliphatic heterocycles. The van der Waals surface area contributed by atoms with Crippen molar-refractivity contribution in [1.82, 2.24) is 14.9 Å². The summed E-state index contributed by atoms with van der Waals surface area (Å²) in [7, 11) is 1.60. The number of unbranched alkanes of at least 4 members (excludes halogenated alkanes) is 2. The van der Waals surface area contributed by atoms with Crippen LogP contribution in [0.3, 0.4) is 0 Å². The van der Waals surface area contributed by atoms with E-state index in [1.54, 1.807) is 31.4 Å². The molecule has 0 aliphatic rings. The van der Waals surface area contributed by atoms with Crippen molar-refractivity contribution in [2.45, 2.75) is 32.2 Å². The van der Waals surface area contributed by atoms with Gasteiger partial charge in [0, 0.05) is 25.1 Å². The summed E-state index contributed by atoms with van der Waals surface area (Å²) in [5.41, 5.74) is 3.73. The van der Waals surface area contributed by atoms with E-state index in [2.05, 4.69) is 16.0 Å². The molecule has 0 fully saturated rings. The van der Waals surface area contributed by atoms with Gasteiger partial charge in [0.15, 0.2) is 0 Å². The minimum Gasteiger partial charge on any atom is -0.497 e. The number of aromatic nitrogens is 2. The van der Waals surface area contributed by atoms with Crippen LogP contribution in [0.2, 0.25) is 0 Å². The SMILES string of the molecule is COc1ccc(C(=O)NCCCCCc2nc3ccccc3n2Cc2ccc(F)cc2)cc1. The van der Waals surface area contributed by atoms with Gasteiger partial charge in [0.2, 0.25) is 0 Å². The largest absolute Gasteiger partial charge is 0.497 e. The highest BCUT2D eigenvalue weighted by Gasteiger charge is 2.11. The second-order valence-electron chi connectivity index (χ2n) is 8.02. The molecule has 0 spiro atoms. The van der Waals surface area contributed by atoms with Gasteiger partial charge in [0.05, 0.1) is 18.1 Å². The van der Waals surface area contributed by atoms with E-state index in [9.17, 15) is 9.18 Å². The van der Waals surface area contributed by atoms with Crippen LogP contribution in [0, 0.1) is 5.82 Å². The molecule has 5 nitrogen and oxygen atoms in total. The van der Waals surface area contributed by atoms with Crippen LogP contribution in [-0.2, 0) is 13.0 Å². The van der Waals surface area contributed by atoms with Crippen molar-refractivity contribution >= 4 is 16.9 Å². The molecule has 0 radical (unpaired) electrons. The molecule has 0 saturated carbocycles. The first-order valence-electron chi connectivity index (χ1n) is 11.2. The van der Waals surface area contributed by atoms with Crippen LogP contribution >= 0.6 is 0 Å². The van der Waals surface area contributed by atoms with E-state index < -0.39 is 0 Å². The number of amides is 1. The molecule has 1 aromatic heterocycles. The molecule has 3 aromatic carbocycles.